The highest BCUT2D eigenvalue weighted by atomic mass is 127. The van der Waals surface area contributed by atoms with Gasteiger partial charge in [0.25, 0.3) is 0 Å². The first-order chi connectivity index (χ1) is 10.3. The lowest BCUT2D eigenvalue weighted by Crippen LogP contribution is -2.43. The number of nitrogens with zero attached hydrogens (tertiary/aromatic N) is 2. The SMILES string of the molecule is CC(C)NC(=NCc1ccn(C)c1)NCC1CCS(=O)(=O)C1.I. The highest BCUT2D eigenvalue weighted by Gasteiger charge is 2.27. The van der Waals surface area contributed by atoms with Gasteiger partial charge in [0.15, 0.2) is 15.8 Å². The second-order valence-electron chi connectivity index (χ2n) is 6.30. The van der Waals surface area contributed by atoms with Crippen molar-refractivity contribution in [3.8, 4) is 0 Å². The molecule has 1 unspecified atom stereocenters. The van der Waals surface area contributed by atoms with Crippen molar-refractivity contribution in [1.29, 1.82) is 0 Å². The molecule has 2 heterocycles. The van der Waals surface area contributed by atoms with E-state index in [-0.39, 0.29) is 41.7 Å². The Hall–Kier alpha value is -0.770. The molecule has 1 aromatic rings. The first kappa shape index (κ1) is 20.3. The fraction of sp³-hybridized carbons (Fsp3) is 0.667. The van der Waals surface area contributed by atoms with E-state index in [1.807, 2.05) is 30.1 Å². The summed E-state index contributed by atoms with van der Waals surface area (Å²) in [6.07, 6.45) is 4.78. The van der Waals surface area contributed by atoms with Crippen molar-refractivity contribution in [2.75, 3.05) is 18.1 Å². The van der Waals surface area contributed by atoms with Gasteiger partial charge in [-0.25, -0.2) is 13.4 Å². The summed E-state index contributed by atoms with van der Waals surface area (Å²) >= 11 is 0. The summed E-state index contributed by atoms with van der Waals surface area (Å²) in [5.41, 5.74) is 1.15. The van der Waals surface area contributed by atoms with E-state index in [2.05, 4.69) is 29.5 Å². The number of rotatable bonds is 5. The lowest BCUT2D eigenvalue weighted by atomic mass is 10.1. The van der Waals surface area contributed by atoms with Crippen LogP contribution in [0.3, 0.4) is 0 Å². The van der Waals surface area contributed by atoms with Crippen LogP contribution in [0.4, 0.5) is 0 Å². The summed E-state index contributed by atoms with van der Waals surface area (Å²) in [6.45, 7) is 5.36. The van der Waals surface area contributed by atoms with E-state index in [1.165, 1.54) is 0 Å². The molecule has 1 saturated heterocycles. The Bertz CT molecular complexity index is 625. The van der Waals surface area contributed by atoms with E-state index in [1.54, 1.807) is 0 Å². The predicted octanol–water partition coefficient (Wildman–Crippen LogP) is 1.52. The van der Waals surface area contributed by atoms with Crippen molar-refractivity contribution in [2.24, 2.45) is 18.0 Å². The molecule has 23 heavy (non-hydrogen) atoms. The van der Waals surface area contributed by atoms with Gasteiger partial charge in [-0.1, -0.05) is 0 Å². The smallest absolute Gasteiger partial charge is 0.191 e. The fourth-order valence-corrected chi connectivity index (χ4v) is 4.39. The van der Waals surface area contributed by atoms with Crippen LogP contribution in [0.1, 0.15) is 25.8 Å². The van der Waals surface area contributed by atoms with Crippen LogP contribution >= 0.6 is 24.0 Å². The third kappa shape index (κ3) is 7.11. The topological polar surface area (TPSA) is 75.5 Å². The van der Waals surface area contributed by atoms with Gasteiger partial charge < -0.3 is 15.2 Å². The Morgan fingerprint density at radius 2 is 2.22 bits per heavy atom. The van der Waals surface area contributed by atoms with Gasteiger partial charge in [0.05, 0.1) is 18.1 Å². The highest BCUT2D eigenvalue weighted by Crippen LogP contribution is 2.17. The number of hydrogen-bond donors (Lipinski definition) is 2. The Morgan fingerprint density at radius 1 is 1.48 bits per heavy atom. The van der Waals surface area contributed by atoms with Crippen LogP contribution in [-0.2, 0) is 23.4 Å². The molecule has 0 amide bonds. The van der Waals surface area contributed by atoms with Crippen molar-refractivity contribution in [3.63, 3.8) is 0 Å². The van der Waals surface area contributed by atoms with Crippen LogP contribution in [-0.4, -0.2) is 43.0 Å². The Morgan fingerprint density at radius 3 is 2.74 bits per heavy atom. The molecule has 2 N–H and O–H groups in total. The molecular weight excluding hydrogens is 427 g/mol. The Labute approximate surface area is 156 Å². The van der Waals surface area contributed by atoms with Crippen molar-refractivity contribution < 1.29 is 8.42 Å². The van der Waals surface area contributed by atoms with Gasteiger partial charge in [0.1, 0.15) is 0 Å². The van der Waals surface area contributed by atoms with Crippen molar-refractivity contribution >= 4 is 39.8 Å². The van der Waals surface area contributed by atoms with Gasteiger partial charge in [-0.05, 0) is 37.8 Å². The number of guanidine groups is 1. The van der Waals surface area contributed by atoms with E-state index >= 15 is 0 Å². The molecule has 0 bridgehead atoms. The lowest BCUT2D eigenvalue weighted by molar-refractivity contribution is 0.562. The van der Waals surface area contributed by atoms with Crippen molar-refractivity contribution in [3.05, 3.63) is 24.0 Å². The first-order valence-corrected chi connectivity index (χ1v) is 9.52. The van der Waals surface area contributed by atoms with Gasteiger partial charge in [0.2, 0.25) is 0 Å². The number of sulfone groups is 1. The molecule has 1 atom stereocenters. The van der Waals surface area contributed by atoms with E-state index in [0.29, 0.717) is 18.8 Å². The van der Waals surface area contributed by atoms with Gasteiger partial charge in [-0.3, -0.25) is 0 Å². The summed E-state index contributed by atoms with van der Waals surface area (Å²) < 4.78 is 25.0. The average Bonchev–Trinajstić information content (AvgIpc) is 2.98. The lowest BCUT2D eigenvalue weighted by Gasteiger charge is -2.17. The summed E-state index contributed by atoms with van der Waals surface area (Å²) in [4.78, 5) is 4.58. The monoisotopic (exact) mass is 454 g/mol. The molecule has 6 nitrogen and oxygen atoms in total. The molecule has 0 spiro atoms. The quantitative estimate of drug-likeness (QED) is 0.402. The number of aliphatic imine (C=N–C) groups is 1. The molecule has 1 aliphatic heterocycles. The van der Waals surface area contributed by atoms with E-state index < -0.39 is 9.84 Å². The molecular formula is C15H27IN4O2S. The fourth-order valence-electron chi connectivity index (χ4n) is 2.52. The molecule has 1 aliphatic rings. The molecule has 0 saturated carbocycles. The summed E-state index contributed by atoms with van der Waals surface area (Å²) in [5, 5.41) is 6.56. The second kappa shape index (κ2) is 8.91. The Balaban J connectivity index is 0.00000264. The maximum Gasteiger partial charge on any atom is 0.191 e. The third-order valence-corrected chi connectivity index (χ3v) is 5.46. The van der Waals surface area contributed by atoms with Gasteiger partial charge >= 0.3 is 0 Å². The van der Waals surface area contributed by atoms with Crippen LogP contribution in [0.2, 0.25) is 0 Å². The second-order valence-corrected chi connectivity index (χ2v) is 8.53. The molecule has 0 aliphatic carbocycles. The molecule has 1 fully saturated rings. The van der Waals surface area contributed by atoms with Gasteiger partial charge in [0, 0.05) is 32.0 Å². The van der Waals surface area contributed by atoms with E-state index in [0.717, 1.165) is 17.9 Å². The largest absolute Gasteiger partial charge is 0.357 e. The normalized spacial score (nSPS) is 20.3. The highest BCUT2D eigenvalue weighted by molar-refractivity contribution is 14.0. The number of halogens is 1. The minimum absolute atomic E-state index is 0. The minimum atomic E-state index is -2.82. The third-order valence-electron chi connectivity index (χ3n) is 3.62. The summed E-state index contributed by atoms with van der Waals surface area (Å²) in [7, 11) is -0.837. The zero-order valence-electron chi connectivity index (χ0n) is 13.9. The van der Waals surface area contributed by atoms with E-state index in [9.17, 15) is 8.42 Å². The molecule has 0 aromatic carbocycles. The van der Waals surface area contributed by atoms with Crippen LogP contribution in [0.25, 0.3) is 0 Å². The van der Waals surface area contributed by atoms with Crippen LogP contribution in [0.5, 0.6) is 0 Å². The zero-order valence-corrected chi connectivity index (χ0v) is 17.1. The number of aryl methyl sites for hydroxylation is 1. The maximum absolute atomic E-state index is 11.5. The number of aromatic nitrogens is 1. The Kier molecular flexibility index (Phi) is 7.85. The summed E-state index contributed by atoms with van der Waals surface area (Å²) in [5.74, 6) is 1.52. The van der Waals surface area contributed by atoms with E-state index in [4.69, 9.17) is 0 Å². The molecule has 2 rings (SSSR count). The van der Waals surface area contributed by atoms with Crippen LogP contribution in [0, 0.1) is 5.92 Å². The molecule has 1 aromatic heterocycles. The predicted molar refractivity (Wildman–Crippen MR) is 105 cm³/mol. The van der Waals surface area contributed by atoms with Crippen LogP contribution < -0.4 is 10.6 Å². The molecule has 132 valence electrons. The summed E-state index contributed by atoms with van der Waals surface area (Å²) in [6, 6.07) is 2.31. The van der Waals surface area contributed by atoms with Crippen molar-refractivity contribution in [2.45, 2.75) is 32.9 Å². The zero-order chi connectivity index (χ0) is 16.2. The minimum Gasteiger partial charge on any atom is -0.357 e. The first-order valence-electron chi connectivity index (χ1n) is 7.70. The molecule has 0 radical (unpaired) electrons. The molecule has 8 heteroatoms. The standard InChI is InChI=1S/C15H26N4O2S.HI/c1-12(2)18-15(16-8-13-4-6-19(3)10-13)17-9-14-5-7-22(20,21)11-14;/h4,6,10,12,14H,5,7-9,11H2,1-3H3,(H2,16,17,18);1H. The van der Waals surface area contributed by atoms with Gasteiger partial charge in [-0.2, -0.15) is 0 Å². The van der Waals surface area contributed by atoms with Gasteiger partial charge in [-0.15, -0.1) is 24.0 Å². The number of nitrogens with one attached hydrogen (secondary N) is 2. The number of hydrogen-bond acceptors (Lipinski definition) is 3. The van der Waals surface area contributed by atoms with Crippen LogP contribution in [0.15, 0.2) is 23.5 Å². The average molecular weight is 454 g/mol. The van der Waals surface area contributed by atoms with Crippen molar-refractivity contribution in [1.82, 2.24) is 15.2 Å². The maximum atomic E-state index is 11.5.